The van der Waals surface area contributed by atoms with E-state index in [-0.39, 0.29) is 18.7 Å². The van der Waals surface area contributed by atoms with Gasteiger partial charge in [0.1, 0.15) is 0 Å². The van der Waals surface area contributed by atoms with Crippen molar-refractivity contribution in [2.45, 2.75) is 51.0 Å². The second kappa shape index (κ2) is 7.09. The van der Waals surface area contributed by atoms with Gasteiger partial charge in [0.2, 0.25) is 5.91 Å². The number of rotatable bonds is 7. The minimum Gasteiger partial charge on any atom is -0.481 e. The average molecular weight is 342 g/mol. The normalized spacial score (nSPS) is 15.4. The van der Waals surface area contributed by atoms with Crippen molar-refractivity contribution in [2.75, 3.05) is 0 Å². The first-order chi connectivity index (χ1) is 12.0. The number of aromatic nitrogens is 1. The Morgan fingerprint density at radius 1 is 1.28 bits per heavy atom. The SMILES string of the molecule is Cc1ccc(-c2cnc(CCC(=O)NC3(CC(=O)O)CCC3)o2)cc1. The Labute approximate surface area is 146 Å². The molecule has 0 unspecified atom stereocenters. The number of hydrogen-bond acceptors (Lipinski definition) is 4. The number of nitrogens with zero attached hydrogens (tertiary/aromatic N) is 1. The molecule has 132 valence electrons. The molecule has 1 saturated carbocycles. The van der Waals surface area contributed by atoms with Crippen LogP contribution in [0.3, 0.4) is 0 Å². The zero-order valence-corrected chi connectivity index (χ0v) is 14.2. The lowest BCUT2D eigenvalue weighted by Gasteiger charge is -2.41. The molecular formula is C19H22N2O4. The molecule has 0 aliphatic heterocycles. The van der Waals surface area contributed by atoms with E-state index in [0.29, 0.717) is 18.1 Å². The number of carboxylic acid groups (broad SMARTS) is 1. The molecule has 0 atom stereocenters. The van der Waals surface area contributed by atoms with Crippen LogP contribution >= 0.6 is 0 Å². The quantitative estimate of drug-likeness (QED) is 0.806. The zero-order valence-electron chi connectivity index (χ0n) is 14.2. The summed E-state index contributed by atoms with van der Waals surface area (Å²) in [5.41, 5.74) is 1.56. The summed E-state index contributed by atoms with van der Waals surface area (Å²) in [6.07, 6.45) is 4.66. The monoisotopic (exact) mass is 342 g/mol. The van der Waals surface area contributed by atoms with Crippen LogP contribution in [0.25, 0.3) is 11.3 Å². The van der Waals surface area contributed by atoms with Crippen molar-refractivity contribution in [1.29, 1.82) is 0 Å². The molecular weight excluding hydrogens is 320 g/mol. The van der Waals surface area contributed by atoms with E-state index in [1.807, 2.05) is 31.2 Å². The number of aryl methyl sites for hydroxylation is 2. The molecule has 1 aromatic heterocycles. The van der Waals surface area contributed by atoms with Gasteiger partial charge in [-0.3, -0.25) is 9.59 Å². The second-order valence-electron chi connectivity index (χ2n) is 6.74. The molecule has 2 N–H and O–H groups in total. The smallest absolute Gasteiger partial charge is 0.305 e. The Hall–Kier alpha value is -2.63. The van der Waals surface area contributed by atoms with Gasteiger partial charge >= 0.3 is 5.97 Å². The van der Waals surface area contributed by atoms with E-state index in [9.17, 15) is 9.59 Å². The van der Waals surface area contributed by atoms with Gasteiger partial charge in [0.15, 0.2) is 11.7 Å². The van der Waals surface area contributed by atoms with Crippen LogP contribution in [0, 0.1) is 6.92 Å². The summed E-state index contributed by atoms with van der Waals surface area (Å²) < 4.78 is 5.71. The topological polar surface area (TPSA) is 92.4 Å². The molecule has 1 fully saturated rings. The molecule has 6 nitrogen and oxygen atoms in total. The number of oxazole rings is 1. The number of aliphatic carboxylic acids is 1. The fraction of sp³-hybridized carbons (Fsp3) is 0.421. The summed E-state index contributed by atoms with van der Waals surface area (Å²) >= 11 is 0. The molecule has 3 rings (SSSR count). The molecule has 0 bridgehead atoms. The molecule has 1 aliphatic carbocycles. The number of nitrogens with one attached hydrogen (secondary N) is 1. The van der Waals surface area contributed by atoms with Gasteiger partial charge in [-0.1, -0.05) is 29.8 Å². The summed E-state index contributed by atoms with van der Waals surface area (Å²) in [4.78, 5) is 27.3. The largest absolute Gasteiger partial charge is 0.481 e. The van der Waals surface area contributed by atoms with Crippen LogP contribution in [0.4, 0.5) is 0 Å². The van der Waals surface area contributed by atoms with Gasteiger partial charge in [0, 0.05) is 18.4 Å². The Kier molecular flexibility index (Phi) is 4.88. The average Bonchev–Trinajstić information content (AvgIpc) is 3.00. The molecule has 1 heterocycles. The summed E-state index contributed by atoms with van der Waals surface area (Å²) in [6.45, 7) is 2.02. The van der Waals surface area contributed by atoms with Crippen molar-refractivity contribution < 1.29 is 19.1 Å². The fourth-order valence-corrected chi connectivity index (χ4v) is 3.09. The maximum absolute atomic E-state index is 12.1. The molecule has 0 radical (unpaired) electrons. The minimum absolute atomic E-state index is 0.0185. The van der Waals surface area contributed by atoms with E-state index in [0.717, 1.165) is 24.8 Å². The number of amides is 1. The molecule has 1 amide bonds. The number of hydrogen-bond donors (Lipinski definition) is 2. The highest BCUT2D eigenvalue weighted by atomic mass is 16.4. The van der Waals surface area contributed by atoms with Crippen molar-refractivity contribution in [2.24, 2.45) is 0 Å². The van der Waals surface area contributed by atoms with Crippen LogP contribution in [0.15, 0.2) is 34.9 Å². The third kappa shape index (κ3) is 4.26. The molecule has 0 saturated heterocycles. The number of carbonyl (C=O) groups excluding carboxylic acids is 1. The van der Waals surface area contributed by atoms with Crippen LogP contribution in [0.2, 0.25) is 0 Å². The van der Waals surface area contributed by atoms with Crippen molar-refractivity contribution in [3.63, 3.8) is 0 Å². The van der Waals surface area contributed by atoms with Gasteiger partial charge in [-0.25, -0.2) is 4.98 Å². The van der Waals surface area contributed by atoms with Gasteiger partial charge in [0.25, 0.3) is 0 Å². The van der Waals surface area contributed by atoms with Crippen molar-refractivity contribution in [3.05, 3.63) is 41.9 Å². The Balaban J connectivity index is 1.54. The Bertz CT molecular complexity index is 760. The third-order valence-electron chi connectivity index (χ3n) is 4.66. The highest BCUT2D eigenvalue weighted by Crippen LogP contribution is 2.35. The molecule has 1 aliphatic rings. The highest BCUT2D eigenvalue weighted by Gasteiger charge is 2.40. The summed E-state index contributed by atoms with van der Waals surface area (Å²) in [5.74, 6) is 0.148. The van der Waals surface area contributed by atoms with E-state index in [1.54, 1.807) is 6.20 Å². The van der Waals surface area contributed by atoms with Crippen LogP contribution < -0.4 is 5.32 Å². The van der Waals surface area contributed by atoms with Crippen LogP contribution in [-0.2, 0) is 16.0 Å². The van der Waals surface area contributed by atoms with Gasteiger partial charge in [0.05, 0.1) is 18.2 Å². The number of benzene rings is 1. The Morgan fingerprint density at radius 3 is 2.60 bits per heavy atom. The van der Waals surface area contributed by atoms with Gasteiger partial charge in [-0.05, 0) is 26.2 Å². The zero-order chi connectivity index (χ0) is 17.9. The van der Waals surface area contributed by atoms with Crippen molar-refractivity contribution >= 4 is 11.9 Å². The first-order valence-electron chi connectivity index (χ1n) is 8.50. The van der Waals surface area contributed by atoms with Gasteiger partial charge < -0.3 is 14.8 Å². The third-order valence-corrected chi connectivity index (χ3v) is 4.66. The lowest BCUT2D eigenvalue weighted by atomic mass is 9.74. The first-order valence-corrected chi connectivity index (χ1v) is 8.50. The van der Waals surface area contributed by atoms with E-state index >= 15 is 0 Å². The van der Waals surface area contributed by atoms with Crippen LogP contribution in [0.1, 0.15) is 43.6 Å². The summed E-state index contributed by atoms with van der Waals surface area (Å²) in [5, 5.41) is 11.9. The van der Waals surface area contributed by atoms with E-state index < -0.39 is 11.5 Å². The molecule has 25 heavy (non-hydrogen) atoms. The van der Waals surface area contributed by atoms with E-state index in [1.165, 1.54) is 5.56 Å². The lowest BCUT2D eigenvalue weighted by molar-refractivity contribution is -0.140. The Morgan fingerprint density at radius 2 is 2.00 bits per heavy atom. The van der Waals surface area contributed by atoms with E-state index in [4.69, 9.17) is 9.52 Å². The van der Waals surface area contributed by atoms with Crippen LogP contribution in [-0.4, -0.2) is 27.5 Å². The predicted molar refractivity (Wildman–Crippen MR) is 92.0 cm³/mol. The first kappa shape index (κ1) is 17.2. The van der Waals surface area contributed by atoms with Crippen LogP contribution in [0.5, 0.6) is 0 Å². The van der Waals surface area contributed by atoms with E-state index in [2.05, 4.69) is 10.3 Å². The fourth-order valence-electron chi connectivity index (χ4n) is 3.09. The predicted octanol–water partition coefficient (Wildman–Crippen LogP) is 3.10. The maximum atomic E-state index is 12.1. The van der Waals surface area contributed by atoms with Crippen molar-refractivity contribution in [1.82, 2.24) is 10.3 Å². The van der Waals surface area contributed by atoms with Crippen molar-refractivity contribution in [3.8, 4) is 11.3 Å². The molecule has 0 spiro atoms. The standard InChI is InChI=1S/C19H22N2O4/c1-13-3-5-14(6-4-13)15-12-20-17(25-15)8-7-16(22)21-19(9-2-10-19)11-18(23)24/h3-6,12H,2,7-11H2,1H3,(H,21,22)(H,23,24). The summed E-state index contributed by atoms with van der Waals surface area (Å²) in [7, 11) is 0. The highest BCUT2D eigenvalue weighted by molar-refractivity contribution is 5.78. The lowest BCUT2D eigenvalue weighted by Crippen LogP contribution is -2.54. The minimum atomic E-state index is -0.879. The summed E-state index contributed by atoms with van der Waals surface area (Å²) in [6, 6.07) is 7.95. The molecule has 1 aromatic carbocycles. The van der Waals surface area contributed by atoms with Gasteiger partial charge in [-0.15, -0.1) is 0 Å². The second-order valence-corrected chi connectivity index (χ2v) is 6.74. The number of carboxylic acids is 1. The number of carbonyl (C=O) groups is 2. The van der Waals surface area contributed by atoms with Gasteiger partial charge in [-0.2, -0.15) is 0 Å². The maximum Gasteiger partial charge on any atom is 0.305 e. The molecule has 6 heteroatoms. The molecule has 2 aromatic rings.